The topological polar surface area (TPSA) is 51.6 Å². The molecule has 4 nitrogen and oxygen atoms in total. The molecule has 1 aromatic rings. The van der Waals surface area contributed by atoms with Gasteiger partial charge in [0.1, 0.15) is 0 Å². The zero-order valence-electron chi connectivity index (χ0n) is 6.15. The molecule has 0 N–H and O–H groups in total. The number of nitroso groups, excluding NO2 is 1. The molecule has 0 bridgehead atoms. The lowest BCUT2D eigenvalue weighted by molar-refractivity contribution is 0.341. The molecule has 0 amide bonds. The highest BCUT2D eigenvalue weighted by atomic mass is 16.5. The Labute approximate surface area is 64.2 Å². The van der Waals surface area contributed by atoms with Crippen LogP contribution in [0.1, 0.15) is 6.92 Å². The van der Waals surface area contributed by atoms with Crippen molar-refractivity contribution in [3.05, 3.63) is 23.4 Å². The lowest BCUT2D eigenvalue weighted by atomic mass is 10.4. The average molecular weight is 152 g/mol. The monoisotopic (exact) mass is 152 g/mol. The first-order chi connectivity index (χ1) is 5.38. The quantitative estimate of drug-likeness (QED) is 0.621. The molecular formula is C7H8N2O2. The molecule has 58 valence electrons. The maximum Gasteiger partial charge on any atom is 0.168 e. The molecule has 1 rings (SSSR count). The summed E-state index contributed by atoms with van der Waals surface area (Å²) >= 11 is 0. The van der Waals surface area contributed by atoms with Crippen LogP contribution in [0.25, 0.3) is 0 Å². The van der Waals surface area contributed by atoms with E-state index in [1.54, 1.807) is 12.3 Å². The SMILES string of the molecule is CCOc1ccncc1N=O. The summed E-state index contributed by atoms with van der Waals surface area (Å²) in [5, 5.41) is 2.75. The number of aromatic nitrogens is 1. The molecule has 1 aromatic heterocycles. The summed E-state index contributed by atoms with van der Waals surface area (Å²) in [5.74, 6) is 0.484. The molecule has 0 spiro atoms. The number of rotatable bonds is 3. The van der Waals surface area contributed by atoms with Crippen LogP contribution in [0.2, 0.25) is 0 Å². The lowest BCUT2D eigenvalue weighted by Gasteiger charge is -2.01. The van der Waals surface area contributed by atoms with Crippen molar-refractivity contribution < 1.29 is 4.74 Å². The number of hydrogen-bond acceptors (Lipinski definition) is 4. The van der Waals surface area contributed by atoms with Crippen LogP contribution >= 0.6 is 0 Å². The lowest BCUT2D eigenvalue weighted by Crippen LogP contribution is -1.91. The van der Waals surface area contributed by atoms with Crippen LogP contribution in [0.4, 0.5) is 5.69 Å². The Hall–Kier alpha value is -1.45. The third kappa shape index (κ3) is 1.73. The summed E-state index contributed by atoms with van der Waals surface area (Å²) < 4.78 is 5.09. The van der Waals surface area contributed by atoms with Gasteiger partial charge in [-0.1, -0.05) is 0 Å². The minimum absolute atomic E-state index is 0.245. The van der Waals surface area contributed by atoms with Crippen LogP contribution in [-0.4, -0.2) is 11.6 Å². The smallest absolute Gasteiger partial charge is 0.168 e. The molecule has 11 heavy (non-hydrogen) atoms. The molecule has 0 atom stereocenters. The van der Waals surface area contributed by atoms with Gasteiger partial charge in [0.25, 0.3) is 0 Å². The van der Waals surface area contributed by atoms with Crippen LogP contribution in [0, 0.1) is 4.91 Å². The van der Waals surface area contributed by atoms with Crippen LogP contribution in [0.3, 0.4) is 0 Å². The van der Waals surface area contributed by atoms with E-state index in [4.69, 9.17) is 4.74 Å². The van der Waals surface area contributed by atoms with Gasteiger partial charge in [0.05, 0.1) is 12.8 Å². The second-order valence-electron chi connectivity index (χ2n) is 1.87. The fourth-order valence-electron chi connectivity index (χ4n) is 0.719. The van der Waals surface area contributed by atoms with Crippen molar-refractivity contribution in [2.45, 2.75) is 6.92 Å². The Kier molecular flexibility index (Phi) is 2.54. The molecule has 0 aromatic carbocycles. The van der Waals surface area contributed by atoms with Gasteiger partial charge in [-0.15, -0.1) is 4.91 Å². The number of pyridine rings is 1. The van der Waals surface area contributed by atoms with E-state index in [9.17, 15) is 4.91 Å². The fraction of sp³-hybridized carbons (Fsp3) is 0.286. The predicted molar refractivity (Wildman–Crippen MR) is 40.9 cm³/mol. The van der Waals surface area contributed by atoms with E-state index < -0.39 is 0 Å². The van der Waals surface area contributed by atoms with Gasteiger partial charge in [-0.2, -0.15) is 0 Å². The van der Waals surface area contributed by atoms with Crippen molar-refractivity contribution in [2.24, 2.45) is 5.18 Å². The third-order valence-corrected chi connectivity index (χ3v) is 1.16. The number of ether oxygens (including phenoxy) is 1. The minimum atomic E-state index is 0.245. The zero-order chi connectivity index (χ0) is 8.10. The van der Waals surface area contributed by atoms with Crippen LogP contribution in [0.5, 0.6) is 5.75 Å². The van der Waals surface area contributed by atoms with Gasteiger partial charge in [0, 0.05) is 12.3 Å². The van der Waals surface area contributed by atoms with E-state index in [-0.39, 0.29) is 5.69 Å². The fourth-order valence-corrected chi connectivity index (χ4v) is 0.719. The Morgan fingerprint density at radius 1 is 1.73 bits per heavy atom. The number of hydrogen-bond donors (Lipinski definition) is 0. The Morgan fingerprint density at radius 3 is 3.18 bits per heavy atom. The van der Waals surface area contributed by atoms with Gasteiger partial charge in [-0.3, -0.25) is 4.98 Å². The standard InChI is InChI=1S/C7H8N2O2/c1-2-11-7-3-4-8-5-6(7)9-10/h3-5H,2H2,1H3. The molecule has 1 heterocycles. The van der Waals surface area contributed by atoms with Crippen molar-refractivity contribution in [2.75, 3.05) is 6.61 Å². The van der Waals surface area contributed by atoms with Crippen molar-refractivity contribution in [1.29, 1.82) is 0 Å². The van der Waals surface area contributed by atoms with E-state index in [0.29, 0.717) is 12.4 Å². The summed E-state index contributed by atoms with van der Waals surface area (Å²) in [5.41, 5.74) is 0.245. The molecule has 0 saturated carbocycles. The summed E-state index contributed by atoms with van der Waals surface area (Å²) in [6.07, 6.45) is 2.93. The molecule has 0 fully saturated rings. The molecular weight excluding hydrogens is 144 g/mol. The summed E-state index contributed by atoms with van der Waals surface area (Å²) in [7, 11) is 0. The van der Waals surface area contributed by atoms with E-state index in [0.717, 1.165) is 0 Å². The van der Waals surface area contributed by atoms with Crippen LogP contribution in [-0.2, 0) is 0 Å². The second kappa shape index (κ2) is 3.65. The Balaban J connectivity index is 2.92. The first-order valence-corrected chi connectivity index (χ1v) is 3.28. The molecule has 0 aliphatic heterocycles. The highest BCUT2D eigenvalue weighted by Gasteiger charge is 2.00. The van der Waals surface area contributed by atoms with Gasteiger partial charge in [0.15, 0.2) is 11.4 Å². The Morgan fingerprint density at radius 2 is 2.55 bits per heavy atom. The van der Waals surface area contributed by atoms with E-state index in [1.165, 1.54) is 6.20 Å². The van der Waals surface area contributed by atoms with Gasteiger partial charge < -0.3 is 4.74 Å². The first-order valence-electron chi connectivity index (χ1n) is 3.28. The largest absolute Gasteiger partial charge is 0.491 e. The first kappa shape index (κ1) is 7.65. The summed E-state index contributed by atoms with van der Waals surface area (Å²) in [6, 6.07) is 1.61. The molecule has 0 aliphatic rings. The Bertz CT molecular complexity index is 250. The highest BCUT2D eigenvalue weighted by molar-refractivity contribution is 5.48. The van der Waals surface area contributed by atoms with Crippen LogP contribution in [0.15, 0.2) is 23.6 Å². The minimum Gasteiger partial charge on any atom is -0.491 e. The van der Waals surface area contributed by atoms with E-state index in [2.05, 4.69) is 10.2 Å². The summed E-state index contributed by atoms with van der Waals surface area (Å²) in [4.78, 5) is 13.9. The highest BCUT2D eigenvalue weighted by Crippen LogP contribution is 2.24. The van der Waals surface area contributed by atoms with E-state index >= 15 is 0 Å². The molecule has 0 unspecified atom stereocenters. The van der Waals surface area contributed by atoms with Crippen molar-refractivity contribution in [1.82, 2.24) is 4.98 Å². The van der Waals surface area contributed by atoms with Gasteiger partial charge in [-0.05, 0) is 12.1 Å². The van der Waals surface area contributed by atoms with Crippen molar-refractivity contribution in [3.63, 3.8) is 0 Å². The van der Waals surface area contributed by atoms with Gasteiger partial charge >= 0.3 is 0 Å². The maximum atomic E-state index is 10.1. The molecule has 0 aliphatic carbocycles. The van der Waals surface area contributed by atoms with Crippen molar-refractivity contribution >= 4 is 5.69 Å². The average Bonchev–Trinajstić information content (AvgIpc) is 2.06. The zero-order valence-corrected chi connectivity index (χ0v) is 6.15. The molecule has 4 heteroatoms. The van der Waals surface area contributed by atoms with Gasteiger partial charge in [-0.25, -0.2) is 0 Å². The number of nitrogens with zero attached hydrogens (tertiary/aromatic N) is 2. The third-order valence-electron chi connectivity index (χ3n) is 1.16. The normalized spacial score (nSPS) is 9.18. The van der Waals surface area contributed by atoms with E-state index in [1.807, 2.05) is 6.92 Å². The van der Waals surface area contributed by atoms with Crippen molar-refractivity contribution in [3.8, 4) is 5.75 Å². The summed E-state index contributed by atoms with van der Waals surface area (Å²) in [6.45, 7) is 2.36. The molecule has 0 saturated heterocycles. The maximum absolute atomic E-state index is 10.1. The van der Waals surface area contributed by atoms with Crippen LogP contribution < -0.4 is 4.74 Å². The van der Waals surface area contributed by atoms with Gasteiger partial charge in [0.2, 0.25) is 0 Å². The molecule has 0 radical (unpaired) electrons. The predicted octanol–water partition coefficient (Wildman–Crippen LogP) is 1.88. The second-order valence-corrected chi connectivity index (χ2v) is 1.87.